The summed E-state index contributed by atoms with van der Waals surface area (Å²) in [6, 6.07) is 8.90. The first kappa shape index (κ1) is 13.7. The number of rotatable bonds is 2. The molecule has 0 unspecified atom stereocenters. The van der Waals surface area contributed by atoms with Crippen LogP contribution in [0, 0.1) is 11.3 Å². The minimum atomic E-state index is -4.45. The van der Waals surface area contributed by atoms with Crippen molar-refractivity contribution in [2.24, 2.45) is 0 Å². The number of halogens is 3. The highest BCUT2D eigenvalue weighted by molar-refractivity contribution is 5.51. The molecule has 0 amide bonds. The summed E-state index contributed by atoms with van der Waals surface area (Å²) >= 11 is 0. The molecule has 0 saturated carbocycles. The maximum atomic E-state index is 12.5. The van der Waals surface area contributed by atoms with E-state index in [4.69, 9.17) is 15.7 Å². The van der Waals surface area contributed by atoms with Crippen LogP contribution in [-0.2, 0) is 6.18 Å². The van der Waals surface area contributed by atoms with Crippen molar-refractivity contribution in [1.82, 2.24) is 4.98 Å². The van der Waals surface area contributed by atoms with Gasteiger partial charge in [0.05, 0.1) is 11.3 Å². The summed E-state index contributed by atoms with van der Waals surface area (Å²) in [5.74, 6) is -0.0314. The van der Waals surface area contributed by atoms with E-state index in [2.05, 4.69) is 4.98 Å². The van der Waals surface area contributed by atoms with E-state index in [0.29, 0.717) is 0 Å². The van der Waals surface area contributed by atoms with E-state index in [1.165, 1.54) is 24.3 Å². The highest BCUT2D eigenvalue weighted by Crippen LogP contribution is 2.32. The van der Waals surface area contributed by atoms with Gasteiger partial charge >= 0.3 is 6.18 Å². The zero-order valence-corrected chi connectivity index (χ0v) is 9.98. The number of hydrogen-bond donors (Lipinski definition) is 1. The van der Waals surface area contributed by atoms with Gasteiger partial charge in [-0.2, -0.15) is 18.4 Å². The summed E-state index contributed by atoms with van der Waals surface area (Å²) in [5, 5.41) is 8.76. The molecule has 0 aliphatic carbocycles. The number of nitrogen functional groups attached to an aromatic ring is 1. The summed E-state index contributed by atoms with van der Waals surface area (Å²) in [4.78, 5) is 3.79. The molecule has 0 aliphatic heterocycles. The first-order chi connectivity index (χ1) is 9.40. The standard InChI is InChI=1S/C13H8F3N3O/c14-13(15,16)8-2-1-3-9(6-8)20-12-5-4-10(18)11(7-17)19-12/h1-6H,18H2. The smallest absolute Gasteiger partial charge is 0.416 e. The molecule has 1 aromatic carbocycles. The van der Waals surface area contributed by atoms with E-state index in [-0.39, 0.29) is 23.0 Å². The van der Waals surface area contributed by atoms with Crippen molar-refractivity contribution >= 4 is 5.69 Å². The Bertz CT molecular complexity index is 677. The zero-order valence-electron chi connectivity index (χ0n) is 9.98. The maximum Gasteiger partial charge on any atom is 0.416 e. The molecule has 0 saturated heterocycles. The Morgan fingerprint density at radius 2 is 1.95 bits per heavy atom. The van der Waals surface area contributed by atoms with Crippen LogP contribution in [0.4, 0.5) is 18.9 Å². The van der Waals surface area contributed by atoms with Gasteiger partial charge in [-0.25, -0.2) is 4.98 Å². The number of aromatic nitrogens is 1. The lowest BCUT2D eigenvalue weighted by atomic mass is 10.2. The van der Waals surface area contributed by atoms with Gasteiger partial charge in [-0.05, 0) is 24.3 Å². The molecular weight excluding hydrogens is 271 g/mol. The summed E-state index contributed by atoms with van der Waals surface area (Å²) in [6.07, 6.45) is -4.45. The quantitative estimate of drug-likeness (QED) is 0.915. The molecule has 0 radical (unpaired) electrons. The molecule has 0 fully saturated rings. The van der Waals surface area contributed by atoms with E-state index in [0.717, 1.165) is 12.1 Å². The molecule has 2 rings (SSSR count). The van der Waals surface area contributed by atoms with Crippen molar-refractivity contribution in [2.45, 2.75) is 6.18 Å². The fraction of sp³-hybridized carbons (Fsp3) is 0.0769. The molecule has 0 spiro atoms. The monoisotopic (exact) mass is 279 g/mol. The van der Waals surface area contributed by atoms with E-state index in [1.54, 1.807) is 6.07 Å². The van der Waals surface area contributed by atoms with Gasteiger partial charge in [-0.15, -0.1) is 0 Å². The largest absolute Gasteiger partial charge is 0.439 e. The van der Waals surface area contributed by atoms with Gasteiger partial charge < -0.3 is 10.5 Å². The number of pyridine rings is 1. The van der Waals surface area contributed by atoms with Crippen LogP contribution in [0.1, 0.15) is 11.3 Å². The molecule has 7 heteroatoms. The lowest BCUT2D eigenvalue weighted by Gasteiger charge is -2.09. The molecule has 20 heavy (non-hydrogen) atoms. The number of anilines is 1. The molecule has 2 aromatic rings. The summed E-state index contributed by atoms with van der Waals surface area (Å²) in [6.45, 7) is 0. The molecule has 0 bridgehead atoms. The zero-order chi connectivity index (χ0) is 14.8. The molecule has 0 aliphatic rings. The number of benzene rings is 1. The molecule has 1 aromatic heterocycles. The molecule has 4 nitrogen and oxygen atoms in total. The third-order valence-corrected chi connectivity index (χ3v) is 2.39. The predicted molar refractivity (Wildman–Crippen MR) is 64.9 cm³/mol. The van der Waals surface area contributed by atoms with Crippen molar-refractivity contribution < 1.29 is 17.9 Å². The average Bonchev–Trinajstić information content (AvgIpc) is 2.40. The summed E-state index contributed by atoms with van der Waals surface area (Å²) < 4.78 is 42.8. The minimum Gasteiger partial charge on any atom is -0.439 e. The van der Waals surface area contributed by atoms with E-state index in [9.17, 15) is 13.2 Å². The van der Waals surface area contributed by atoms with Crippen LogP contribution in [0.25, 0.3) is 0 Å². The maximum absolute atomic E-state index is 12.5. The van der Waals surface area contributed by atoms with Crippen molar-refractivity contribution in [2.75, 3.05) is 5.73 Å². The lowest BCUT2D eigenvalue weighted by Crippen LogP contribution is -2.04. The van der Waals surface area contributed by atoms with Crippen LogP contribution in [0.3, 0.4) is 0 Å². The Morgan fingerprint density at radius 3 is 2.60 bits per heavy atom. The van der Waals surface area contributed by atoms with Crippen molar-refractivity contribution in [3.8, 4) is 17.7 Å². The number of nitrogens with two attached hydrogens (primary N) is 1. The number of ether oxygens (including phenoxy) is 1. The summed E-state index contributed by atoms with van der Waals surface area (Å²) in [7, 11) is 0. The van der Waals surface area contributed by atoms with Crippen LogP contribution in [0.15, 0.2) is 36.4 Å². The van der Waals surface area contributed by atoms with Crippen molar-refractivity contribution in [3.63, 3.8) is 0 Å². The molecule has 2 N–H and O–H groups in total. The van der Waals surface area contributed by atoms with Gasteiger partial charge in [0.1, 0.15) is 11.8 Å². The second kappa shape index (κ2) is 5.09. The molecule has 0 atom stereocenters. The predicted octanol–water partition coefficient (Wildman–Crippen LogP) is 3.35. The number of nitriles is 1. The minimum absolute atomic E-state index is 0.00456. The van der Waals surface area contributed by atoms with Gasteiger partial charge in [0.25, 0.3) is 0 Å². The molecule has 1 heterocycles. The van der Waals surface area contributed by atoms with Gasteiger partial charge in [0.15, 0.2) is 5.69 Å². The Morgan fingerprint density at radius 1 is 1.20 bits per heavy atom. The van der Waals surface area contributed by atoms with Gasteiger partial charge in [0.2, 0.25) is 5.88 Å². The van der Waals surface area contributed by atoms with Gasteiger partial charge in [-0.1, -0.05) is 6.07 Å². The van der Waals surface area contributed by atoms with Crippen LogP contribution >= 0.6 is 0 Å². The van der Waals surface area contributed by atoms with Crippen molar-refractivity contribution in [3.05, 3.63) is 47.7 Å². The third kappa shape index (κ3) is 2.98. The highest BCUT2D eigenvalue weighted by Gasteiger charge is 2.30. The Kier molecular flexibility index (Phi) is 3.48. The van der Waals surface area contributed by atoms with Crippen LogP contribution in [-0.4, -0.2) is 4.98 Å². The fourth-order valence-corrected chi connectivity index (χ4v) is 1.46. The van der Waals surface area contributed by atoms with Crippen LogP contribution in [0.2, 0.25) is 0 Å². The van der Waals surface area contributed by atoms with E-state index >= 15 is 0 Å². The van der Waals surface area contributed by atoms with E-state index in [1.807, 2.05) is 0 Å². The number of alkyl halides is 3. The SMILES string of the molecule is N#Cc1nc(Oc2cccc(C(F)(F)F)c2)ccc1N. The average molecular weight is 279 g/mol. The van der Waals surface area contributed by atoms with Crippen LogP contribution < -0.4 is 10.5 Å². The number of nitrogens with zero attached hydrogens (tertiary/aromatic N) is 2. The first-order valence-corrected chi connectivity index (χ1v) is 5.42. The van der Waals surface area contributed by atoms with E-state index < -0.39 is 11.7 Å². The molecular formula is C13H8F3N3O. The molecule has 102 valence electrons. The third-order valence-electron chi connectivity index (χ3n) is 2.39. The Hall–Kier alpha value is -2.75. The highest BCUT2D eigenvalue weighted by atomic mass is 19.4. The van der Waals surface area contributed by atoms with Gasteiger partial charge in [-0.3, -0.25) is 0 Å². The fourth-order valence-electron chi connectivity index (χ4n) is 1.46. The van der Waals surface area contributed by atoms with Gasteiger partial charge in [0, 0.05) is 6.07 Å². The first-order valence-electron chi connectivity index (χ1n) is 5.42. The number of hydrogen-bond acceptors (Lipinski definition) is 4. The van der Waals surface area contributed by atoms with Crippen molar-refractivity contribution in [1.29, 1.82) is 5.26 Å². The summed E-state index contributed by atoms with van der Waals surface area (Å²) in [5.41, 5.74) is 4.78. The topological polar surface area (TPSA) is 71.9 Å². The lowest BCUT2D eigenvalue weighted by molar-refractivity contribution is -0.137. The normalized spacial score (nSPS) is 10.9. The second-order valence-electron chi connectivity index (χ2n) is 3.83. The Balaban J connectivity index is 2.29. The second-order valence-corrected chi connectivity index (χ2v) is 3.83. The Labute approximate surface area is 112 Å². The van der Waals surface area contributed by atoms with Crippen LogP contribution in [0.5, 0.6) is 11.6 Å².